The number of thiophene rings is 1. The molecule has 94 valence electrons. The minimum atomic E-state index is -0.403. The number of esters is 1. The molecule has 1 rings (SSSR count). The van der Waals surface area contributed by atoms with E-state index in [4.69, 9.17) is 0 Å². The molecule has 0 aromatic carbocycles. The highest BCUT2D eigenvalue weighted by Gasteiger charge is 2.23. The summed E-state index contributed by atoms with van der Waals surface area (Å²) in [6, 6.07) is -0.0408. The molecule has 1 aromatic rings. The predicted molar refractivity (Wildman–Crippen MR) is 67.2 cm³/mol. The number of aryl methyl sites for hydroxylation is 1. The monoisotopic (exact) mass is 255 g/mol. The van der Waals surface area contributed by atoms with Crippen molar-refractivity contribution in [2.45, 2.75) is 26.8 Å². The molecule has 0 unspecified atom stereocenters. The van der Waals surface area contributed by atoms with Crippen LogP contribution in [-0.4, -0.2) is 36.5 Å². The van der Waals surface area contributed by atoms with Crippen LogP contribution in [0.2, 0.25) is 0 Å². The summed E-state index contributed by atoms with van der Waals surface area (Å²) in [6.45, 7) is 5.63. The Hall–Kier alpha value is -1.36. The van der Waals surface area contributed by atoms with Crippen LogP contribution >= 0.6 is 11.3 Å². The molecule has 0 radical (unpaired) electrons. The molecule has 0 aliphatic carbocycles. The first-order valence-electron chi connectivity index (χ1n) is 5.38. The lowest BCUT2D eigenvalue weighted by Crippen LogP contribution is -2.41. The Balaban J connectivity index is 2.89. The second-order valence-corrected chi connectivity index (χ2v) is 4.81. The lowest BCUT2D eigenvalue weighted by Gasteiger charge is -2.25. The summed E-state index contributed by atoms with van der Waals surface area (Å²) >= 11 is 1.48. The molecular formula is C12H17NO3S. The summed E-state index contributed by atoms with van der Waals surface area (Å²) in [6.07, 6.45) is 0. The molecule has 17 heavy (non-hydrogen) atoms. The minimum Gasteiger partial charge on any atom is -0.468 e. The number of hydrogen-bond donors (Lipinski definition) is 0. The Kier molecular flexibility index (Phi) is 4.69. The van der Waals surface area contributed by atoms with Crippen LogP contribution in [0.4, 0.5) is 0 Å². The zero-order chi connectivity index (χ0) is 13.0. The summed E-state index contributed by atoms with van der Waals surface area (Å²) in [7, 11) is 1.32. The first kappa shape index (κ1) is 13.7. The third kappa shape index (κ3) is 3.30. The quantitative estimate of drug-likeness (QED) is 0.774. The van der Waals surface area contributed by atoms with Crippen LogP contribution in [0.15, 0.2) is 10.8 Å². The highest BCUT2D eigenvalue weighted by Crippen LogP contribution is 2.17. The standard InChI is InChI=1S/C12H17NO3S/c1-8(2)13(5-11(14)16-4)12(15)10-7-17-6-9(10)3/h6-8H,5H2,1-4H3. The predicted octanol–water partition coefficient (Wildman–Crippen LogP) is 2.08. The van der Waals surface area contributed by atoms with Gasteiger partial charge in [0.15, 0.2) is 0 Å². The normalized spacial score (nSPS) is 10.4. The zero-order valence-electron chi connectivity index (χ0n) is 10.5. The Labute approximate surface area is 105 Å². The summed E-state index contributed by atoms with van der Waals surface area (Å²) in [5.74, 6) is -0.524. The minimum absolute atomic E-state index is 0.0116. The Morgan fingerprint density at radius 2 is 2.06 bits per heavy atom. The van der Waals surface area contributed by atoms with E-state index >= 15 is 0 Å². The van der Waals surface area contributed by atoms with Gasteiger partial charge in [-0.2, -0.15) is 11.3 Å². The average molecular weight is 255 g/mol. The van der Waals surface area contributed by atoms with E-state index in [1.165, 1.54) is 23.3 Å². The number of methoxy groups -OCH3 is 1. The topological polar surface area (TPSA) is 46.6 Å². The Morgan fingerprint density at radius 1 is 1.41 bits per heavy atom. The third-order valence-corrected chi connectivity index (χ3v) is 3.36. The maximum atomic E-state index is 12.2. The van der Waals surface area contributed by atoms with E-state index in [0.29, 0.717) is 5.56 Å². The summed E-state index contributed by atoms with van der Waals surface area (Å²) in [5, 5.41) is 3.73. The van der Waals surface area contributed by atoms with Crippen LogP contribution in [0.5, 0.6) is 0 Å². The van der Waals surface area contributed by atoms with Crippen LogP contribution in [0.1, 0.15) is 29.8 Å². The molecule has 0 saturated carbocycles. The summed E-state index contributed by atoms with van der Waals surface area (Å²) in [5.41, 5.74) is 1.60. The molecule has 0 aliphatic rings. The largest absolute Gasteiger partial charge is 0.468 e. The second kappa shape index (κ2) is 5.82. The number of carbonyl (C=O) groups excluding carboxylic acids is 2. The van der Waals surface area contributed by atoms with Gasteiger partial charge >= 0.3 is 5.97 Å². The molecule has 0 N–H and O–H groups in total. The van der Waals surface area contributed by atoms with Gasteiger partial charge in [-0.1, -0.05) is 0 Å². The van der Waals surface area contributed by atoms with Gasteiger partial charge in [-0.15, -0.1) is 0 Å². The Bertz CT molecular complexity index is 412. The van der Waals surface area contributed by atoms with Crippen LogP contribution in [0.3, 0.4) is 0 Å². The molecular weight excluding hydrogens is 238 g/mol. The van der Waals surface area contributed by atoms with E-state index < -0.39 is 5.97 Å². The van der Waals surface area contributed by atoms with Crippen molar-refractivity contribution in [1.82, 2.24) is 4.90 Å². The lowest BCUT2D eigenvalue weighted by atomic mass is 10.1. The fourth-order valence-corrected chi connectivity index (χ4v) is 2.25. The van der Waals surface area contributed by atoms with Crippen molar-refractivity contribution in [3.05, 3.63) is 21.9 Å². The van der Waals surface area contributed by atoms with E-state index in [-0.39, 0.29) is 18.5 Å². The van der Waals surface area contributed by atoms with Crippen LogP contribution < -0.4 is 0 Å². The van der Waals surface area contributed by atoms with Crippen molar-refractivity contribution >= 4 is 23.2 Å². The molecule has 0 atom stereocenters. The lowest BCUT2D eigenvalue weighted by molar-refractivity contribution is -0.141. The van der Waals surface area contributed by atoms with Crippen LogP contribution in [0, 0.1) is 6.92 Å². The molecule has 0 aliphatic heterocycles. The number of rotatable bonds is 4. The number of hydrogen-bond acceptors (Lipinski definition) is 4. The third-order valence-electron chi connectivity index (χ3n) is 2.50. The van der Waals surface area contributed by atoms with E-state index in [0.717, 1.165) is 5.56 Å². The van der Waals surface area contributed by atoms with Crippen molar-refractivity contribution in [2.24, 2.45) is 0 Å². The summed E-state index contributed by atoms with van der Waals surface area (Å²) in [4.78, 5) is 25.0. The zero-order valence-corrected chi connectivity index (χ0v) is 11.3. The SMILES string of the molecule is COC(=O)CN(C(=O)c1cscc1C)C(C)C. The van der Waals surface area contributed by atoms with Gasteiger partial charge < -0.3 is 9.64 Å². The van der Waals surface area contributed by atoms with Crippen LogP contribution in [0.25, 0.3) is 0 Å². The van der Waals surface area contributed by atoms with E-state index in [1.54, 1.807) is 0 Å². The maximum absolute atomic E-state index is 12.2. The van der Waals surface area contributed by atoms with E-state index in [1.807, 2.05) is 31.5 Å². The van der Waals surface area contributed by atoms with Gasteiger partial charge in [-0.3, -0.25) is 9.59 Å². The van der Waals surface area contributed by atoms with E-state index in [2.05, 4.69) is 4.74 Å². The van der Waals surface area contributed by atoms with Gasteiger partial charge in [0.1, 0.15) is 6.54 Å². The molecule has 0 fully saturated rings. The maximum Gasteiger partial charge on any atom is 0.325 e. The molecule has 1 amide bonds. The molecule has 0 saturated heterocycles. The second-order valence-electron chi connectivity index (χ2n) is 4.07. The first-order valence-corrected chi connectivity index (χ1v) is 6.32. The van der Waals surface area contributed by atoms with Crippen molar-refractivity contribution in [1.29, 1.82) is 0 Å². The molecule has 1 aromatic heterocycles. The van der Waals surface area contributed by atoms with Crippen molar-refractivity contribution in [3.63, 3.8) is 0 Å². The smallest absolute Gasteiger partial charge is 0.325 e. The van der Waals surface area contributed by atoms with Gasteiger partial charge in [-0.05, 0) is 31.7 Å². The molecule has 1 heterocycles. The van der Waals surface area contributed by atoms with Crippen LogP contribution in [-0.2, 0) is 9.53 Å². The van der Waals surface area contributed by atoms with Gasteiger partial charge in [0.2, 0.25) is 0 Å². The fourth-order valence-electron chi connectivity index (χ4n) is 1.43. The van der Waals surface area contributed by atoms with Crippen molar-refractivity contribution < 1.29 is 14.3 Å². The highest BCUT2D eigenvalue weighted by molar-refractivity contribution is 7.08. The molecule has 0 bridgehead atoms. The Morgan fingerprint density at radius 3 is 2.47 bits per heavy atom. The number of nitrogens with zero attached hydrogens (tertiary/aromatic N) is 1. The highest BCUT2D eigenvalue weighted by atomic mass is 32.1. The molecule has 0 spiro atoms. The van der Waals surface area contributed by atoms with Crippen molar-refractivity contribution in [3.8, 4) is 0 Å². The number of carbonyl (C=O) groups is 2. The van der Waals surface area contributed by atoms with Gasteiger partial charge in [0.25, 0.3) is 5.91 Å². The van der Waals surface area contributed by atoms with Gasteiger partial charge in [-0.25, -0.2) is 0 Å². The number of amides is 1. The average Bonchev–Trinajstić information content (AvgIpc) is 2.70. The molecule has 5 heteroatoms. The van der Waals surface area contributed by atoms with Gasteiger partial charge in [0.05, 0.1) is 12.7 Å². The number of ether oxygens (including phenoxy) is 1. The van der Waals surface area contributed by atoms with Crippen molar-refractivity contribution in [2.75, 3.05) is 13.7 Å². The first-order chi connectivity index (χ1) is 7.97. The fraction of sp³-hybridized carbons (Fsp3) is 0.500. The summed E-state index contributed by atoms with van der Waals surface area (Å²) < 4.78 is 4.60. The molecule has 4 nitrogen and oxygen atoms in total. The van der Waals surface area contributed by atoms with Gasteiger partial charge in [0, 0.05) is 11.4 Å². The van der Waals surface area contributed by atoms with E-state index in [9.17, 15) is 9.59 Å².